The van der Waals surface area contributed by atoms with E-state index in [2.05, 4.69) is 15.9 Å². The predicted octanol–water partition coefficient (Wildman–Crippen LogP) is 3.02. The normalized spacial score (nSPS) is 12.2. The largest absolute Gasteiger partial charge is 0.481 e. The standard InChI is InChI=1S/C10H8BrClO3/c1-5(10(14)15)8-4-6(11)2-3-7(8)9(12)13/h2-5H,1H3,(H,14,15). The molecule has 0 saturated carbocycles. The summed E-state index contributed by atoms with van der Waals surface area (Å²) < 4.78 is 0.715. The van der Waals surface area contributed by atoms with Crippen LogP contribution in [0.4, 0.5) is 0 Å². The fourth-order valence-electron chi connectivity index (χ4n) is 1.20. The molecular weight excluding hydrogens is 283 g/mol. The first-order valence-corrected chi connectivity index (χ1v) is 5.32. The molecule has 0 amide bonds. The molecule has 5 heteroatoms. The van der Waals surface area contributed by atoms with Gasteiger partial charge < -0.3 is 5.11 Å². The van der Waals surface area contributed by atoms with Crippen molar-refractivity contribution in [1.29, 1.82) is 0 Å². The van der Waals surface area contributed by atoms with Crippen LogP contribution in [-0.4, -0.2) is 16.3 Å². The summed E-state index contributed by atoms with van der Waals surface area (Å²) in [7, 11) is 0. The number of rotatable bonds is 3. The van der Waals surface area contributed by atoms with Gasteiger partial charge >= 0.3 is 5.97 Å². The molecule has 0 aliphatic carbocycles. The van der Waals surface area contributed by atoms with Crippen molar-refractivity contribution < 1.29 is 14.7 Å². The van der Waals surface area contributed by atoms with E-state index in [9.17, 15) is 9.59 Å². The molecule has 15 heavy (non-hydrogen) atoms. The third-order valence-corrected chi connectivity index (χ3v) is 2.76. The Morgan fingerprint density at radius 2 is 2.07 bits per heavy atom. The zero-order chi connectivity index (χ0) is 11.6. The van der Waals surface area contributed by atoms with Crippen molar-refractivity contribution in [2.75, 3.05) is 0 Å². The van der Waals surface area contributed by atoms with Gasteiger partial charge in [0, 0.05) is 10.0 Å². The Bertz CT molecular complexity index is 417. The van der Waals surface area contributed by atoms with Crippen molar-refractivity contribution in [3.8, 4) is 0 Å². The monoisotopic (exact) mass is 290 g/mol. The lowest BCUT2D eigenvalue weighted by atomic mass is 9.96. The van der Waals surface area contributed by atoms with Crippen molar-refractivity contribution >= 4 is 38.7 Å². The van der Waals surface area contributed by atoms with Gasteiger partial charge in [0.1, 0.15) is 0 Å². The highest BCUT2D eigenvalue weighted by Crippen LogP contribution is 2.25. The molecule has 1 N–H and O–H groups in total. The zero-order valence-electron chi connectivity index (χ0n) is 7.83. The van der Waals surface area contributed by atoms with Gasteiger partial charge in [-0.3, -0.25) is 9.59 Å². The Morgan fingerprint density at radius 1 is 1.47 bits per heavy atom. The molecule has 0 bridgehead atoms. The maximum absolute atomic E-state index is 11.1. The minimum absolute atomic E-state index is 0.231. The second-order valence-electron chi connectivity index (χ2n) is 3.07. The number of benzene rings is 1. The summed E-state index contributed by atoms with van der Waals surface area (Å²) in [6, 6.07) is 4.75. The van der Waals surface area contributed by atoms with Gasteiger partial charge in [0.15, 0.2) is 0 Å². The topological polar surface area (TPSA) is 54.4 Å². The number of hydrogen-bond donors (Lipinski definition) is 1. The SMILES string of the molecule is CC(C(=O)O)c1cc(Br)ccc1C(=O)Cl. The van der Waals surface area contributed by atoms with Gasteiger partial charge in [0.05, 0.1) is 5.92 Å². The van der Waals surface area contributed by atoms with Crippen LogP contribution in [0.2, 0.25) is 0 Å². The molecule has 1 aromatic carbocycles. The van der Waals surface area contributed by atoms with Crippen molar-refractivity contribution in [3.63, 3.8) is 0 Å². The number of carbonyl (C=O) groups is 2. The molecule has 0 saturated heterocycles. The van der Waals surface area contributed by atoms with Gasteiger partial charge in [0.2, 0.25) is 0 Å². The highest BCUT2D eigenvalue weighted by Gasteiger charge is 2.20. The molecule has 0 aromatic heterocycles. The predicted molar refractivity (Wildman–Crippen MR) is 60.4 cm³/mol. The minimum atomic E-state index is -0.993. The van der Waals surface area contributed by atoms with Crippen LogP contribution in [0, 0.1) is 0 Å². The van der Waals surface area contributed by atoms with E-state index in [1.165, 1.54) is 13.0 Å². The third kappa shape index (κ3) is 2.79. The second kappa shape index (κ2) is 4.77. The molecule has 1 aromatic rings. The highest BCUT2D eigenvalue weighted by molar-refractivity contribution is 9.10. The van der Waals surface area contributed by atoms with E-state index in [0.717, 1.165) is 0 Å². The van der Waals surface area contributed by atoms with Crippen molar-refractivity contribution in [1.82, 2.24) is 0 Å². The van der Waals surface area contributed by atoms with Crippen LogP contribution in [0.15, 0.2) is 22.7 Å². The van der Waals surface area contributed by atoms with Crippen LogP contribution in [0.5, 0.6) is 0 Å². The van der Waals surface area contributed by atoms with Crippen LogP contribution in [0.3, 0.4) is 0 Å². The third-order valence-electron chi connectivity index (χ3n) is 2.06. The van der Waals surface area contributed by atoms with Crippen molar-refractivity contribution in [3.05, 3.63) is 33.8 Å². The molecular formula is C10H8BrClO3. The first kappa shape index (κ1) is 12.2. The Kier molecular flexibility index (Phi) is 3.88. The smallest absolute Gasteiger partial charge is 0.310 e. The maximum atomic E-state index is 11.1. The summed E-state index contributed by atoms with van der Waals surface area (Å²) >= 11 is 8.58. The molecule has 1 unspecified atom stereocenters. The summed E-state index contributed by atoms with van der Waals surface area (Å²) in [6.45, 7) is 1.51. The maximum Gasteiger partial charge on any atom is 0.310 e. The summed E-state index contributed by atoms with van der Waals surface area (Å²) in [4.78, 5) is 21.9. The number of carboxylic acids is 1. The van der Waals surface area contributed by atoms with E-state index in [1.807, 2.05) is 0 Å². The molecule has 0 aliphatic rings. The lowest BCUT2D eigenvalue weighted by Gasteiger charge is -2.10. The Balaban J connectivity index is 3.30. The van der Waals surface area contributed by atoms with Crippen LogP contribution in [0.1, 0.15) is 28.8 Å². The molecule has 0 aliphatic heterocycles. The second-order valence-corrected chi connectivity index (χ2v) is 4.32. The van der Waals surface area contributed by atoms with E-state index in [1.54, 1.807) is 12.1 Å². The molecule has 1 atom stereocenters. The lowest BCUT2D eigenvalue weighted by Crippen LogP contribution is -2.11. The summed E-state index contributed by atoms with van der Waals surface area (Å²) in [5.74, 6) is -1.76. The number of carbonyl (C=O) groups excluding carboxylic acids is 1. The van der Waals surface area contributed by atoms with Crippen molar-refractivity contribution in [2.45, 2.75) is 12.8 Å². The van der Waals surface area contributed by atoms with Gasteiger partial charge in [-0.1, -0.05) is 15.9 Å². The Morgan fingerprint density at radius 3 is 2.53 bits per heavy atom. The number of halogens is 2. The summed E-state index contributed by atoms with van der Waals surface area (Å²) in [6.07, 6.45) is 0. The number of hydrogen-bond acceptors (Lipinski definition) is 2. The van der Waals surface area contributed by atoms with E-state index >= 15 is 0 Å². The van der Waals surface area contributed by atoms with Gasteiger partial charge in [-0.25, -0.2) is 0 Å². The van der Waals surface area contributed by atoms with E-state index < -0.39 is 17.1 Å². The van der Waals surface area contributed by atoms with Gasteiger partial charge in [-0.15, -0.1) is 0 Å². The van der Waals surface area contributed by atoms with Crippen LogP contribution >= 0.6 is 27.5 Å². The fraction of sp³-hybridized carbons (Fsp3) is 0.200. The summed E-state index contributed by atoms with van der Waals surface area (Å²) in [5.41, 5.74) is 0.645. The minimum Gasteiger partial charge on any atom is -0.481 e. The fourth-order valence-corrected chi connectivity index (χ4v) is 1.75. The van der Waals surface area contributed by atoms with Gasteiger partial charge in [0.25, 0.3) is 5.24 Å². The van der Waals surface area contributed by atoms with Crippen LogP contribution in [0.25, 0.3) is 0 Å². The molecule has 80 valence electrons. The Hall–Kier alpha value is -0.870. The number of aliphatic carboxylic acids is 1. The lowest BCUT2D eigenvalue weighted by molar-refractivity contribution is -0.138. The quantitative estimate of drug-likeness (QED) is 0.871. The van der Waals surface area contributed by atoms with Crippen molar-refractivity contribution in [2.24, 2.45) is 0 Å². The average molecular weight is 292 g/mol. The Labute approximate surface area is 100 Å². The zero-order valence-corrected chi connectivity index (χ0v) is 10.2. The van der Waals surface area contributed by atoms with E-state index in [4.69, 9.17) is 16.7 Å². The molecule has 1 rings (SSSR count). The molecule has 0 fully saturated rings. The van der Waals surface area contributed by atoms with E-state index in [0.29, 0.717) is 10.0 Å². The highest BCUT2D eigenvalue weighted by atomic mass is 79.9. The first-order valence-electron chi connectivity index (χ1n) is 4.15. The summed E-state index contributed by atoms with van der Waals surface area (Å²) in [5, 5.41) is 8.22. The van der Waals surface area contributed by atoms with E-state index in [-0.39, 0.29) is 5.56 Å². The number of carboxylic acid groups (broad SMARTS) is 1. The molecule has 0 spiro atoms. The first-order chi connectivity index (χ1) is 6.93. The average Bonchev–Trinajstić information content (AvgIpc) is 2.15. The van der Waals surface area contributed by atoms with Gasteiger partial charge in [-0.2, -0.15) is 0 Å². The van der Waals surface area contributed by atoms with Crippen LogP contribution in [-0.2, 0) is 4.79 Å². The van der Waals surface area contributed by atoms with Gasteiger partial charge in [-0.05, 0) is 42.3 Å². The molecule has 3 nitrogen and oxygen atoms in total. The molecule has 0 radical (unpaired) electrons. The molecule has 0 heterocycles. The van der Waals surface area contributed by atoms with Crippen LogP contribution < -0.4 is 0 Å².